The molecule has 0 saturated heterocycles. The van der Waals surface area contributed by atoms with Crippen LogP contribution in [-0.2, 0) is 0 Å². The molecule has 0 saturated carbocycles. The summed E-state index contributed by atoms with van der Waals surface area (Å²) in [5.41, 5.74) is 11.9. The third kappa shape index (κ3) is 5.58. The van der Waals surface area contributed by atoms with Crippen molar-refractivity contribution in [1.29, 1.82) is 0 Å². The summed E-state index contributed by atoms with van der Waals surface area (Å²) in [7, 11) is 0. The van der Waals surface area contributed by atoms with Gasteiger partial charge >= 0.3 is 0 Å². The second-order valence-corrected chi connectivity index (χ2v) is 15.6. The number of nitrogens with zero attached hydrogens (tertiary/aromatic N) is 6. The molecule has 0 N–H and O–H groups in total. The van der Waals surface area contributed by atoms with Gasteiger partial charge in [0, 0.05) is 60.4 Å². The zero-order valence-corrected chi connectivity index (χ0v) is 33.5. The van der Waals surface area contributed by atoms with Crippen molar-refractivity contribution >= 4 is 65.8 Å². The van der Waals surface area contributed by atoms with Gasteiger partial charge in [-0.15, -0.1) is 0 Å². The van der Waals surface area contributed by atoms with Gasteiger partial charge in [0.05, 0.1) is 11.0 Å². The van der Waals surface area contributed by atoms with Gasteiger partial charge in [0.15, 0.2) is 28.9 Å². The maximum atomic E-state index is 6.64. The van der Waals surface area contributed by atoms with Crippen molar-refractivity contribution in [2.24, 2.45) is 0 Å². The van der Waals surface area contributed by atoms with E-state index in [1.54, 1.807) is 0 Å². The summed E-state index contributed by atoms with van der Waals surface area (Å²) < 4.78 is 15.4. The van der Waals surface area contributed by atoms with Crippen LogP contribution in [-0.4, -0.2) is 29.5 Å². The van der Waals surface area contributed by atoms with Crippen LogP contribution in [0.15, 0.2) is 203 Å². The zero-order chi connectivity index (χ0) is 41.4. The van der Waals surface area contributed by atoms with Crippen molar-refractivity contribution in [3.05, 3.63) is 194 Å². The van der Waals surface area contributed by atoms with E-state index in [0.717, 1.165) is 88.3 Å². The Labute approximate surface area is 359 Å². The molecule has 13 rings (SSSR count). The Bertz CT molecular complexity index is 3910. The number of hydrogen-bond donors (Lipinski definition) is 0. The molecule has 0 amide bonds. The Balaban J connectivity index is 1.05. The van der Waals surface area contributed by atoms with E-state index in [1.807, 2.05) is 115 Å². The first kappa shape index (κ1) is 35.0. The average molecular weight is 809 g/mol. The summed E-state index contributed by atoms with van der Waals surface area (Å²) in [5.74, 6) is 2.22. The van der Waals surface area contributed by atoms with Crippen LogP contribution < -0.4 is 0 Å². The van der Waals surface area contributed by atoms with Gasteiger partial charge in [-0.1, -0.05) is 133 Å². The minimum Gasteiger partial charge on any atom is -0.456 e. The maximum absolute atomic E-state index is 6.64. The molecule has 0 aliphatic heterocycles. The highest BCUT2D eigenvalue weighted by atomic mass is 16.3. The van der Waals surface area contributed by atoms with Crippen molar-refractivity contribution in [1.82, 2.24) is 29.5 Å². The summed E-state index contributed by atoms with van der Waals surface area (Å²) in [5, 5.41) is 4.92. The normalized spacial score (nSPS) is 11.8. The number of benzene rings is 8. The highest BCUT2D eigenvalue weighted by Crippen LogP contribution is 2.43. The van der Waals surface area contributed by atoms with E-state index in [2.05, 4.69) is 83.4 Å². The lowest BCUT2D eigenvalue weighted by Crippen LogP contribution is -2.00. The molecule has 0 spiro atoms. The van der Waals surface area contributed by atoms with Crippen molar-refractivity contribution in [3.63, 3.8) is 0 Å². The van der Waals surface area contributed by atoms with E-state index in [-0.39, 0.29) is 0 Å². The monoisotopic (exact) mass is 808 g/mol. The molecular formula is C55H32N6O2. The fourth-order valence-corrected chi connectivity index (χ4v) is 9.05. The molecule has 0 radical (unpaired) electrons. The fourth-order valence-electron chi connectivity index (χ4n) is 9.05. The van der Waals surface area contributed by atoms with Crippen LogP contribution in [0.2, 0.25) is 0 Å². The van der Waals surface area contributed by atoms with Gasteiger partial charge in [0.25, 0.3) is 0 Å². The van der Waals surface area contributed by atoms with E-state index < -0.39 is 0 Å². The molecule has 63 heavy (non-hydrogen) atoms. The smallest absolute Gasteiger partial charge is 0.180 e. The Morgan fingerprint density at radius 1 is 0.349 bits per heavy atom. The first-order valence-electron chi connectivity index (χ1n) is 20.8. The molecule has 8 nitrogen and oxygen atoms in total. The van der Waals surface area contributed by atoms with Crippen molar-refractivity contribution in [2.75, 3.05) is 0 Å². The van der Waals surface area contributed by atoms with Crippen LogP contribution in [0.3, 0.4) is 0 Å². The molecule has 0 aliphatic rings. The maximum Gasteiger partial charge on any atom is 0.180 e. The Morgan fingerprint density at radius 3 is 1.63 bits per heavy atom. The molecule has 5 aromatic heterocycles. The zero-order valence-electron chi connectivity index (χ0n) is 33.5. The molecular weight excluding hydrogens is 777 g/mol. The Hall–Kier alpha value is -8.75. The van der Waals surface area contributed by atoms with E-state index in [9.17, 15) is 0 Å². The van der Waals surface area contributed by atoms with E-state index >= 15 is 0 Å². The Morgan fingerprint density at radius 2 is 0.905 bits per heavy atom. The second kappa shape index (κ2) is 13.9. The summed E-state index contributed by atoms with van der Waals surface area (Å²) >= 11 is 0. The van der Waals surface area contributed by atoms with Gasteiger partial charge in [-0.3, -0.25) is 0 Å². The molecule has 8 aromatic carbocycles. The number of para-hydroxylation sites is 3. The molecule has 13 aromatic rings. The van der Waals surface area contributed by atoms with Crippen LogP contribution in [0, 0.1) is 0 Å². The van der Waals surface area contributed by atoms with E-state index in [4.69, 9.17) is 33.8 Å². The van der Waals surface area contributed by atoms with Crippen LogP contribution >= 0.6 is 0 Å². The number of rotatable bonds is 6. The summed E-state index contributed by atoms with van der Waals surface area (Å²) in [4.78, 5) is 26.2. The molecule has 0 bridgehead atoms. The highest BCUT2D eigenvalue weighted by molar-refractivity contribution is 6.18. The van der Waals surface area contributed by atoms with Crippen LogP contribution in [0.1, 0.15) is 0 Å². The number of furan rings is 2. The van der Waals surface area contributed by atoms with Gasteiger partial charge < -0.3 is 13.4 Å². The van der Waals surface area contributed by atoms with Gasteiger partial charge in [0.2, 0.25) is 0 Å². The van der Waals surface area contributed by atoms with Crippen LogP contribution in [0.5, 0.6) is 0 Å². The van der Waals surface area contributed by atoms with E-state index in [0.29, 0.717) is 40.0 Å². The standard InChI is InChI=1S/C55H32N6O2/c1-4-16-33(17-5-1)49-51-50(38-23-11-13-27-44(38)63-51)57-54(56-49)39-24-14-28-45-47(39)48-40(25-15-29-46(48)62-45)55-59-52(34-18-6-2-7-19-34)58-53(60-55)35-30-31-43-41(32-35)37-22-10-12-26-42(37)61(43)36-20-8-3-9-21-36/h1-32H. The quantitative estimate of drug-likeness (QED) is 0.165. The molecule has 294 valence electrons. The third-order valence-corrected chi connectivity index (χ3v) is 11.9. The van der Waals surface area contributed by atoms with E-state index in [1.165, 1.54) is 0 Å². The predicted molar refractivity (Wildman–Crippen MR) is 251 cm³/mol. The molecule has 0 aliphatic carbocycles. The topological polar surface area (TPSA) is 95.7 Å². The number of aromatic nitrogens is 6. The molecule has 0 atom stereocenters. The minimum atomic E-state index is 0.524. The van der Waals surface area contributed by atoms with Crippen LogP contribution in [0.4, 0.5) is 0 Å². The first-order valence-corrected chi connectivity index (χ1v) is 20.8. The fraction of sp³-hybridized carbons (Fsp3) is 0. The lowest BCUT2D eigenvalue weighted by atomic mass is 10.0. The van der Waals surface area contributed by atoms with Gasteiger partial charge in [-0.25, -0.2) is 24.9 Å². The number of fused-ring (bicyclic) bond motifs is 9. The SMILES string of the molecule is c1ccc(-c2nc(-c3ccc4c(c3)c3ccccc3n4-c3ccccc3)nc(-c3cccc4oc5cccc(-c6nc(-c7ccccc7)c7oc8ccccc8c7n6)c5c34)n2)cc1. The highest BCUT2D eigenvalue weighted by Gasteiger charge is 2.24. The van der Waals surface area contributed by atoms with Gasteiger partial charge in [-0.05, 0) is 60.7 Å². The summed E-state index contributed by atoms with van der Waals surface area (Å²) in [6, 6.07) is 65.7. The third-order valence-electron chi connectivity index (χ3n) is 11.9. The molecule has 5 heterocycles. The van der Waals surface area contributed by atoms with Crippen molar-refractivity contribution in [3.8, 4) is 62.5 Å². The Kier molecular flexibility index (Phi) is 7.74. The summed E-state index contributed by atoms with van der Waals surface area (Å²) in [6.45, 7) is 0. The second-order valence-electron chi connectivity index (χ2n) is 15.6. The molecule has 0 unspecified atom stereocenters. The largest absolute Gasteiger partial charge is 0.456 e. The van der Waals surface area contributed by atoms with Gasteiger partial charge in [-0.2, -0.15) is 0 Å². The molecule has 8 heteroatoms. The number of hydrogen-bond acceptors (Lipinski definition) is 7. The van der Waals surface area contributed by atoms with Crippen molar-refractivity contribution in [2.45, 2.75) is 0 Å². The average Bonchev–Trinajstić information content (AvgIpc) is 4.04. The minimum absolute atomic E-state index is 0.524. The van der Waals surface area contributed by atoms with Gasteiger partial charge in [0.1, 0.15) is 28.0 Å². The first-order chi connectivity index (χ1) is 31.2. The van der Waals surface area contributed by atoms with Crippen molar-refractivity contribution < 1.29 is 8.83 Å². The molecule has 0 fully saturated rings. The lowest BCUT2D eigenvalue weighted by molar-refractivity contribution is 0.667. The predicted octanol–water partition coefficient (Wildman–Crippen LogP) is 13.9. The van der Waals surface area contributed by atoms with Crippen LogP contribution in [0.25, 0.3) is 128 Å². The lowest BCUT2D eigenvalue weighted by Gasteiger charge is -2.11. The summed E-state index contributed by atoms with van der Waals surface area (Å²) in [6.07, 6.45) is 0.